The molecule has 7 nitrogen and oxygen atoms in total. The van der Waals surface area contributed by atoms with Gasteiger partial charge in [-0.05, 0) is 25.3 Å². The molecule has 0 aliphatic carbocycles. The highest BCUT2D eigenvalue weighted by Crippen LogP contribution is 2.01. The Labute approximate surface area is 149 Å². The number of benzene rings is 1. The summed E-state index contributed by atoms with van der Waals surface area (Å²) in [5.41, 5.74) is 1.21. The number of nitrogens with zero attached hydrogens (tertiary/aromatic N) is 4. The van der Waals surface area contributed by atoms with Crippen LogP contribution in [0.25, 0.3) is 0 Å². The Morgan fingerprint density at radius 1 is 1.20 bits per heavy atom. The fourth-order valence-corrected chi connectivity index (χ4v) is 2.25. The van der Waals surface area contributed by atoms with Crippen molar-refractivity contribution in [2.24, 2.45) is 12.0 Å². The van der Waals surface area contributed by atoms with E-state index in [0.717, 1.165) is 44.3 Å². The summed E-state index contributed by atoms with van der Waals surface area (Å²) in [6.45, 7) is 5.69. The van der Waals surface area contributed by atoms with Gasteiger partial charge in [0.25, 0.3) is 0 Å². The smallest absolute Gasteiger partial charge is 0.191 e. The van der Waals surface area contributed by atoms with Crippen LogP contribution >= 0.6 is 0 Å². The summed E-state index contributed by atoms with van der Waals surface area (Å²) in [7, 11) is 1.87. The second-order valence-electron chi connectivity index (χ2n) is 5.67. The highest BCUT2D eigenvalue weighted by atomic mass is 16.5. The Hall–Kier alpha value is -2.41. The van der Waals surface area contributed by atoms with Crippen LogP contribution in [0.1, 0.15) is 31.2 Å². The zero-order valence-electron chi connectivity index (χ0n) is 15.1. The maximum absolute atomic E-state index is 5.69. The second kappa shape index (κ2) is 11.2. The van der Waals surface area contributed by atoms with Crippen molar-refractivity contribution in [3.63, 3.8) is 0 Å². The molecule has 1 aromatic carbocycles. The molecule has 1 heterocycles. The Morgan fingerprint density at radius 2 is 2.04 bits per heavy atom. The van der Waals surface area contributed by atoms with Gasteiger partial charge in [0, 0.05) is 26.7 Å². The summed E-state index contributed by atoms with van der Waals surface area (Å²) in [5.74, 6) is 1.64. The lowest BCUT2D eigenvalue weighted by molar-refractivity contribution is 0.117. The average Bonchev–Trinajstić information content (AvgIpc) is 3.04. The molecule has 0 bridgehead atoms. The van der Waals surface area contributed by atoms with E-state index in [1.165, 1.54) is 5.56 Å². The van der Waals surface area contributed by atoms with Crippen molar-refractivity contribution in [2.75, 3.05) is 19.7 Å². The molecule has 0 saturated carbocycles. The van der Waals surface area contributed by atoms with E-state index >= 15 is 0 Å². The molecular formula is C18H28N6O. The van der Waals surface area contributed by atoms with E-state index in [1.54, 1.807) is 11.0 Å². The van der Waals surface area contributed by atoms with E-state index in [1.807, 2.05) is 25.2 Å². The minimum Gasteiger partial charge on any atom is -0.377 e. The van der Waals surface area contributed by atoms with Crippen molar-refractivity contribution < 1.29 is 4.74 Å². The standard InChI is InChI=1S/C18H28N6O/c1-3-19-18(21-13-17-22-15-23-24(17)2)20-11-7-8-12-25-14-16-9-5-4-6-10-16/h4-6,9-10,15H,3,7-8,11-14H2,1-2H3,(H2,19,20,21). The van der Waals surface area contributed by atoms with E-state index in [4.69, 9.17) is 4.74 Å². The van der Waals surface area contributed by atoms with Gasteiger partial charge < -0.3 is 15.4 Å². The van der Waals surface area contributed by atoms with E-state index in [2.05, 4.69) is 44.8 Å². The van der Waals surface area contributed by atoms with Crippen LogP contribution < -0.4 is 10.6 Å². The molecule has 2 N–H and O–H groups in total. The molecule has 0 fully saturated rings. The summed E-state index contributed by atoms with van der Waals surface area (Å²) in [4.78, 5) is 8.71. The summed E-state index contributed by atoms with van der Waals surface area (Å²) in [6.07, 6.45) is 3.59. The van der Waals surface area contributed by atoms with E-state index in [9.17, 15) is 0 Å². The minimum absolute atomic E-state index is 0.506. The van der Waals surface area contributed by atoms with Crippen LogP contribution in [0.4, 0.5) is 0 Å². The van der Waals surface area contributed by atoms with Gasteiger partial charge in [0.2, 0.25) is 0 Å². The lowest BCUT2D eigenvalue weighted by atomic mass is 10.2. The molecule has 25 heavy (non-hydrogen) atoms. The lowest BCUT2D eigenvalue weighted by Gasteiger charge is -2.11. The normalized spacial score (nSPS) is 11.5. The number of unbranched alkanes of at least 4 members (excludes halogenated alkanes) is 1. The van der Waals surface area contributed by atoms with Gasteiger partial charge in [-0.3, -0.25) is 4.68 Å². The van der Waals surface area contributed by atoms with Gasteiger partial charge in [-0.25, -0.2) is 9.98 Å². The van der Waals surface area contributed by atoms with Crippen molar-refractivity contribution in [1.82, 2.24) is 25.4 Å². The molecular weight excluding hydrogens is 316 g/mol. The van der Waals surface area contributed by atoms with Crippen LogP contribution in [0.5, 0.6) is 0 Å². The van der Waals surface area contributed by atoms with Gasteiger partial charge in [0.05, 0.1) is 6.61 Å². The monoisotopic (exact) mass is 344 g/mol. The van der Waals surface area contributed by atoms with Crippen LogP contribution in [0.3, 0.4) is 0 Å². The van der Waals surface area contributed by atoms with Gasteiger partial charge in [0.1, 0.15) is 18.7 Å². The molecule has 2 aromatic rings. The first-order valence-electron chi connectivity index (χ1n) is 8.76. The lowest BCUT2D eigenvalue weighted by Crippen LogP contribution is -2.37. The largest absolute Gasteiger partial charge is 0.377 e. The Balaban J connectivity index is 1.60. The van der Waals surface area contributed by atoms with Crippen molar-refractivity contribution >= 4 is 5.96 Å². The predicted octanol–water partition coefficient (Wildman–Crippen LogP) is 1.87. The summed E-state index contributed by atoms with van der Waals surface area (Å²) in [6, 6.07) is 10.2. The third kappa shape index (κ3) is 7.34. The van der Waals surface area contributed by atoms with Gasteiger partial charge in [-0.1, -0.05) is 30.3 Å². The molecule has 0 atom stereocenters. The third-order valence-electron chi connectivity index (χ3n) is 3.65. The molecule has 0 aliphatic rings. The fraction of sp³-hybridized carbons (Fsp3) is 0.500. The molecule has 7 heteroatoms. The SMILES string of the molecule is CCNC(=NCc1ncnn1C)NCCCCOCc1ccccc1. The van der Waals surface area contributed by atoms with Crippen LogP contribution in [-0.4, -0.2) is 40.4 Å². The highest BCUT2D eigenvalue weighted by Gasteiger charge is 2.01. The Bertz CT molecular complexity index is 626. The molecule has 0 spiro atoms. The van der Waals surface area contributed by atoms with Gasteiger partial charge in [-0.2, -0.15) is 5.10 Å². The van der Waals surface area contributed by atoms with E-state index in [0.29, 0.717) is 13.2 Å². The molecule has 0 amide bonds. The molecule has 0 radical (unpaired) electrons. The molecule has 1 aromatic heterocycles. The summed E-state index contributed by atoms with van der Waals surface area (Å²) in [5, 5.41) is 10.6. The van der Waals surface area contributed by atoms with Crippen LogP contribution in [0.15, 0.2) is 41.7 Å². The van der Waals surface area contributed by atoms with Gasteiger partial charge >= 0.3 is 0 Å². The number of hydrogen-bond donors (Lipinski definition) is 2. The maximum Gasteiger partial charge on any atom is 0.191 e. The van der Waals surface area contributed by atoms with Gasteiger partial charge in [0.15, 0.2) is 5.96 Å². The van der Waals surface area contributed by atoms with E-state index < -0.39 is 0 Å². The predicted molar refractivity (Wildman–Crippen MR) is 99.2 cm³/mol. The Kier molecular flexibility index (Phi) is 8.48. The molecule has 136 valence electrons. The van der Waals surface area contributed by atoms with Crippen molar-refractivity contribution in [3.05, 3.63) is 48.0 Å². The zero-order valence-corrected chi connectivity index (χ0v) is 15.1. The minimum atomic E-state index is 0.506. The third-order valence-corrected chi connectivity index (χ3v) is 3.65. The number of aliphatic imine (C=N–C) groups is 1. The summed E-state index contributed by atoms with van der Waals surface area (Å²) < 4.78 is 7.43. The first-order valence-corrected chi connectivity index (χ1v) is 8.76. The molecule has 0 saturated heterocycles. The highest BCUT2D eigenvalue weighted by molar-refractivity contribution is 5.79. The van der Waals surface area contributed by atoms with E-state index in [-0.39, 0.29) is 0 Å². The van der Waals surface area contributed by atoms with Crippen LogP contribution in [0, 0.1) is 0 Å². The number of ether oxygens (including phenoxy) is 1. The van der Waals surface area contributed by atoms with Crippen molar-refractivity contribution in [2.45, 2.75) is 32.9 Å². The first-order chi connectivity index (χ1) is 12.3. The van der Waals surface area contributed by atoms with Gasteiger partial charge in [-0.15, -0.1) is 0 Å². The number of nitrogens with one attached hydrogen (secondary N) is 2. The number of hydrogen-bond acceptors (Lipinski definition) is 4. The number of rotatable bonds is 10. The molecule has 2 rings (SSSR count). The van der Waals surface area contributed by atoms with Crippen molar-refractivity contribution in [1.29, 1.82) is 0 Å². The molecule has 0 unspecified atom stereocenters. The topological polar surface area (TPSA) is 76.4 Å². The number of guanidine groups is 1. The average molecular weight is 344 g/mol. The zero-order chi connectivity index (χ0) is 17.7. The molecule has 0 aliphatic heterocycles. The van der Waals surface area contributed by atoms with Crippen LogP contribution in [-0.2, 0) is 24.9 Å². The number of aromatic nitrogens is 3. The van der Waals surface area contributed by atoms with Crippen molar-refractivity contribution in [3.8, 4) is 0 Å². The first kappa shape index (κ1) is 18.9. The second-order valence-corrected chi connectivity index (χ2v) is 5.67. The fourth-order valence-electron chi connectivity index (χ4n) is 2.25. The Morgan fingerprint density at radius 3 is 2.76 bits per heavy atom. The van der Waals surface area contributed by atoms with Crippen LogP contribution in [0.2, 0.25) is 0 Å². The maximum atomic E-state index is 5.69. The summed E-state index contributed by atoms with van der Waals surface area (Å²) >= 11 is 0. The quantitative estimate of drug-likeness (QED) is 0.391. The number of aryl methyl sites for hydroxylation is 1.